The second kappa shape index (κ2) is 7.78. The highest BCUT2D eigenvalue weighted by atomic mass is 16.6. The van der Waals surface area contributed by atoms with Gasteiger partial charge in [-0.25, -0.2) is 4.79 Å². The molecule has 0 radical (unpaired) electrons. The van der Waals surface area contributed by atoms with Crippen molar-refractivity contribution in [3.05, 3.63) is 35.7 Å². The predicted octanol–water partition coefficient (Wildman–Crippen LogP) is 3.52. The highest BCUT2D eigenvalue weighted by Crippen LogP contribution is 2.35. The number of aromatic nitrogens is 1. The van der Waals surface area contributed by atoms with Crippen LogP contribution in [0.5, 0.6) is 0 Å². The van der Waals surface area contributed by atoms with Gasteiger partial charge in [0.05, 0.1) is 17.8 Å². The molecule has 142 valence electrons. The lowest BCUT2D eigenvalue weighted by Crippen LogP contribution is -2.39. The fourth-order valence-corrected chi connectivity index (χ4v) is 2.62. The molecule has 7 heteroatoms. The Hall–Kier alpha value is -2.54. The number of rotatable bonds is 5. The van der Waals surface area contributed by atoms with Gasteiger partial charge in [-0.15, -0.1) is 0 Å². The molecule has 0 bridgehead atoms. The molecule has 1 heterocycles. The van der Waals surface area contributed by atoms with Crippen LogP contribution in [0.25, 0.3) is 11.1 Å². The quantitative estimate of drug-likeness (QED) is 0.790. The van der Waals surface area contributed by atoms with Gasteiger partial charge < -0.3 is 25.0 Å². The second-order valence-corrected chi connectivity index (χ2v) is 7.13. The first-order chi connectivity index (χ1) is 12.1. The third-order valence-corrected chi connectivity index (χ3v) is 3.85. The Morgan fingerprint density at radius 1 is 1.38 bits per heavy atom. The van der Waals surface area contributed by atoms with E-state index in [1.165, 1.54) is 4.90 Å². The second-order valence-electron chi connectivity index (χ2n) is 7.13. The van der Waals surface area contributed by atoms with Gasteiger partial charge in [0.15, 0.2) is 5.76 Å². The van der Waals surface area contributed by atoms with Gasteiger partial charge in [-0.1, -0.05) is 23.4 Å². The van der Waals surface area contributed by atoms with Crippen LogP contribution < -0.4 is 5.73 Å². The van der Waals surface area contributed by atoms with Crippen LogP contribution >= 0.6 is 0 Å². The first kappa shape index (κ1) is 19.8. The van der Waals surface area contributed by atoms with E-state index in [4.69, 9.17) is 15.0 Å². The first-order valence-electron chi connectivity index (χ1n) is 8.61. The van der Waals surface area contributed by atoms with Crippen molar-refractivity contribution in [2.75, 3.05) is 18.8 Å². The molecule has 0 aliphatic rings. The average molecular weight is 361 g/mol. The van der Waals surface area contributed by atoms with Crippen molar-refractivity contribution < 1.29 is 19.2 Å². The van der Waals surface area contributed by atoms with E-state index >= 15 is 0 Å². The summed E-state index contributed by atoms with van der Waals surface area (Å²) in [5, 5.41) is 14.7. The maximum absolute atomic E-state index is 12.3. The number of hydrogen-bond acceptors (Lipinski definition) is 6. The van der Waals surface area contributed by atoms with E-state index in [2.05, 4.69) is 5.16 Å². The number of para-hydroxylation sites is 1. The number of amides is 1. The fraction of sp³-hybridized carbons (Fsp3) is 0.474. The summed E-state index contributed by atoms with van der Waals surface area (Å²) >= 11 is 0. The maximum Gasteiger partial charge on any atom is 0.410 e. The molecule has 2 aromatic rings. The third-order valence-electron chi connectivity index (χ3n) is 3.85. The van der Waals surface area contributed by atoms with Crippen LogP contribution in [0.4, 0.5) is 10.5 Å². The number of carbonyl (C=O) groups is 1. The Bertz CT molecular complexity index is 764. The highest BCUT2D eigenvalue weighted by molar-refractivity contribution is 5.79. The molecule has 1 atom stereocenters. The number of benzene rings is 1. The Morgan fingerprint density at radius 2 is 2.04 bits per heavy atom. The zero-order valence-corrected chi connectivity index (χ0v) is 15.9. The lowest BCUT2D eigenvalue weighted by atomic mass is 9.99. The molecule has 1 amide bonds. The molecule has 1 aromatic heterocycles. The van der Waals surface area contributed by atoms with Crippen LogP contribution in [0.15, 0.2) is 28.8 Å². The van der Waals surface area contributed by atoms with Crippen molar-refractivity contribution in [1.29, 1.82) is 0 Å². The molecular formula is C19H27N3O4. The van der Waals surface area contributed by atoms with Crippen LogP contribution in [-0.4, -0.2) is 39.9 Å². The minimum Gasteiger partial charge on any atom is -0.444 e. The molecule has 0 fully saturated rings. The minimum atomic E-state index is -1.06. The summed E-state index contributed by atoms with van der Waals surface area (Å²) in [7, 11) is 0. The molecule has 2 rings (SSSR count). The molecular weight excluding hydrogens is 334 g/mol. The Labute approximate surface area is 153 Å². The van der Waals surface area contributed by atoms with Gasteiger partial charge in [-0.2, -0.15) is 0 Å². The molecule has 0 aliphatic carbocycles. The van der Waals surface area contributed by atoms with E-state index < -0.39 is 17.8 Å². The lowest BCUT2D eigenvalue weighted by molar-refractivity contribution is 0.0130. The summed E-state index contributed by atoms with van der Waals surface area (Å²) < 4.78 is 10.7. The molecule has 0 saturated carbocycles. The Balaban J connectivity index is 2.26. The van der Waals surface area contributed by atoms with E-state index in [-0.39, 0.29) is 12.3 Å². The number of nitrogen functional groups attached to an aromatic ring is 1. The molecule has 0 spiro atoms. The van der Waals surface area contributed by atoms with Crippen molar-refractivity contribution in [2.45, 2.75) is 46.3 Å². The lowest BCUT2D eigenvalue weighted by Gasteiger charge is -2.27. The number of anilines is 1. The van der Waals surface area contributed by atoms with E-state index in [1.807, 2.05) is 25.1 Å². The molecule has 0 saturated heterocycles. The number of likely N-dealkylation sites (N-methyl/N-ethyl adjacent to an activating group) is 1. The van der Waals surface area contributed by atoms with Crippen LogP contribution in [0.1, 0.15) is 45.3 Å². The molecule has 0 aliphatic heterocycles. The number of hydrogen-bond donors (Lipinski definition) is 2. The van der Waals surface area contributed by atoms with Gasteiger partial charge in [0, 0.05) is 17.8 Å². The smallest absolute Gasteiger partial charge is 0.410 e. The molecule has 3 N–H and O–H groups in total. The van der Waals surface area contributed by atoms with Crippen molar-refractivity contribution in [1.82, 2.24) is 10.1 Å². The van der Waals surface area contributed by atoms with Crippen LogP contribution in [0.2, 0.25) is 0 Å². The zero-order chi connectivity index (χ0) is 19.5. The zero-order valence-electron chi connectivity index (χ0n) is 15.9. The summed E-state index contributed by atoms with van der Waals surface area (Å²) in [5.74, 6) is 0.280. The number of aryl methyl sites for hydroxylation is 1. The molecule has 7 nitrogen and oxygen atoms in total. The van der Waals surface area contributed by atoms with Gasteiger partial charge in [0.2, 0.25) is 0 Å². The predicted molar refractivity (Wildman–Crippen MR) is 99.5 cm³/mol. The standard InChI is InChI=1S/C19H27N3O4/c1-6-22(18(24)25-19(3,4)5)11-15(23)17-16(12(2)21-26-17)13-9-7-8-10-14(13)20/h7-10,15,23H,6,11,20H2,1-5H3. The summed E-state index contributed by atoms with van der Waals surface area (Å²) in [6.45, 7) is 9.41. The normalized spacial score (nSPS) is 12.7. The van der Waals surface area contributed by atoms with E-state index in [0.717, 1.165) is 5.56 Å². The number of nitrogens with two attached hydrogens (primary N) is 1. The summed E-state index contributed by atoms with van der Waals surface area (Å²) in [6, 6.07) is 7.31. The minimum absolute atomic E-state index is 0.0276. The Kier molecular flexibility index (Phi) is 5.92. The van der Waals surface area contributed by atoms with Gasteiger partial charge in [0.25, 0.3) is 0 Å². The highest BCUT2D eigenvalue weighted by Gasteiger charge is 2.28. The van der Waals surface area contributed by atoms with Crippen molar-refractivity contribution in [3.63, 3.8) is 0 Å². The van der Waals surface area contributed by atoms with Crippen LogP contribution in [-0.2, 0) is 4.74 Å². The van der Waals surface area contributed by atoms with Gasteiger partial charge in [-0.3, -0.25) is 0 Å². The maximum atomic E-state index is 12.3. The van der Waals surface area contributed by atoms with Crippen molar-refractivity contribution in [2.24, 2.45) is 0 Å². The van der Waals surface area contributed by atoms with E-state index in [9.17, 15) is 9.90 Å². The number of nitrogens with zero attached hydrogens (tertiary/aromatic N) is 2. The van der Waals surface area contributed by atoms with E-state index in [1.54, 1.807) is 33.8 Å². The SMILES string of the molecule is CCN(CC(O)c1onc(C)c1-c1ccccc1N)C(=O)OC(C)(C)C. The summed E-state index contributed by atoms with van der Waals surface area (Å²) in [5.41, 5.74) is 8.02. The summed E-state index contributed by atoms with van der Waals surface area (Å²) in [4.78, 5) is 13.7. The van der Waals surface area contributed by atoms with Gasteiger partial charge in [-0.05, 0) is 40.7 Å². The number of aliphatic hydroxyl groups is 1. The van der Waals surface area contributed by atoms with Crippen molar-refractivity contribution in [3.8, 4) is 11.1 Å². The number of ether oxygens (including phenoxy) is 1. The molecule has 1 aromatic carbocycles. The molecule has 26 heavy (non-hydrogen) atoms. The van der Waals surface area contributed by atoms with Crippen molar-refractivity contribution >= 4 is 11.8 Å². The van der Waals surface area contributed by atoms with Gasteiger partial charge >= 0.3 is 6.09 Å². The van der Waals surface area contributed by atoms with E-state index in [0.29, 0.717) is 23.5 Å². The number of aliphatic hydroxyl groups excluding tert-OH is 1. The fourth-order valence-electron chi connectivity index (χ4n) is 2.62. The molecule has 1 unspecified atom stereocenters. The topological polar surface area (TPSA) is 102 Å². The van der Waals surface area contributed by atoms with Crippen LogP contribution in [0, 0.1) is 6.92 Å². The van der Waals surface area contributed by atoms with Crippen LogP contribution in [0.3, 0.4) is 0 Å². The average Bonchev–Trinajstić information content (AvgIpc) is 2.92. The summed E-state index contributed by atoms with van der Waals surface area (Å²) in [6.07, 6.45) is -1.55. The third kappa shape index (κ3) is 4.54. The number of carbonyl (C=O) groups excluding carboxylic acids is 1. The first-order valence-corrected chi connectivity index (χ1v) is 8.61. The Morgan fingerprint density at radius 3 is 2.62 bits per heavy atom. The largest absolute Gasteiger partial charge is 0.444 e. The van der Waals surface area contributed by atoms with Gasteiger partial charge in [0.1, 0.15) is 11.7 Å². The monoisotopic (exact) mass is 361 g/mol.